The molecule has 0 aliphatic heterocycles. The van der Waals surface area contributed by atoms with Crippen LogP contribution in [0.3, 0.4) is 0 Å². The number of halogens is 1. The Morgan fingerprint density at radius 1 is 1.10 bits per heavy atom. The van der Waals surface area contributed by atoms with Crippen molar-refractivity contribution < 1.29 is 14.0 Å². The average Bonchev–Trinajstić information content (AvgIpc) is 2.67. The number of amides is 3. The largest absolute Gasteiger partial charge is 0.338 e. The first-order chi connectivity index (χ1) is 14.4. The highest BCUT2D eigenvalue weighted by atomic mass is 19.1. The second kappa shape index (κ2) is 8.67. The molecule has 0 aromatic heterocycles. The van der Waals surface area contributed by atoms with Gasteiger partial charge in [-0.25, -0.2) is 9.18 Å². The highest BCUT2D eigenvalue weighted by molar-refractivity contribution is 5.79. The normalized spacial score (nSPS) is 28.6. The zero-order valence-corrected chi connectivity index (χ0v) is 17.3. The summed E-state index contributed by atoms with van der Waals surface area (Å²) in [6.07, 6.45) is 12.9. The molecule has 4 bridgehead atoms. The molecule has 1 aromatic carbocycles. The topological polar surface area (TPSA) is 61.4 Å². The number of nitrogens with zero attached hydrogens (tertiary/aromatic N) is 1. The first-order valence-corrected chi connectivity index (χ1v) is 11.0. The molecule has 0 unspecified atom stereocenters. The number of hydrogen-bond acceptors (Lipinski definition) is 2. The summed E-state index contributed by atoms with van der Waals surface area (Å²) in [6.45, 7) is 0.764. The van der Waals surface area contributed by atoms with Crippen LogP contribution in [0.25, 0.3) is 0 Å². The Balaban J connectivity index is 1.24. The van der Waals surface area contributed by atoms with Gasteiger partial charge in [0, 0.05) is 25.0 Å². The third-order valence-corrected chi connectivity index (χ3v) is 6.96. The average molecular weight is 412 g/mol. The van der Waals surface area contributed by atoms with Crippen LogP contribution in [0.2, 0.25) is 0 Å². The van der Waals surface area contributed by atoms with Crippen molar-refractivity contribution in [2.24, 2.45) is 17.8 Å². The first-order valence-electron chi connectivity index (χ1n) is 11.0. The maximum atomic E-state index is 13.1. The van der Waals surface area contributed by atoms with Gasteiger partial charge in [0.25, 0.3) is 0 Å². The smallest absolute Gasteiger partial charge is 0.315 e. The van der Waals surface area contributed by atoms with Crippen molar-refractivity contribution in [1.29, 1.82) is 0 Å². The maximum absolute atomic E-state index is 13.1. The fourth-order valence-corrected chi connectivity index (χ4v) is 6.14. The van der Waals surface area contributed by atoms with E-state index in [-0.39, 0.29) is 42.8 Å². The monoisotopic (exact) mass is 411 g/mol. The summed E-state index contributed by atoms with van der Waals surface area (Å²) in [4.78, 5) is 26.6. The van der Waals surface area contributed by atoms with Crippen molar-refractivity contribution >= 4 is 11.9 Å². The van der Waals surface area contributed by atoms with Gasteiger partial charge in [-0.05, 0) is 74.0 Å². The number of hydrogen-bond donors (Lipinski definition) is 2. The van der Waals surface area contributed by atoms with E-state index in [1.54, 1.807) is 17.0 Å². The van der Waals surface area contributed by atoms with Crippen molar-refractivity contribution in [3.8, 4) is 12.3 Å². The second-order valence-corrected chi connectivity index (χ2v) is 9.41. The zero-order valence-electron chi connectivity index (χ0n) is 17.3. The van der Waals surface area contributed by atoms with E-state index in [0.29, 0.717) is 6.54 Å². The summed E-state index contributed by atoms with van der Waals surface area (Å²) in [6, 6.07) is 5.84. The van der Waals surface area contributed by atoms with Gasteiger partial charge in [-0.1, -0.05) is 18.1 Å². The van der Waals surface area contributed by atoms with E-state index >= 15 is 0 Å². The fraction of sp³-hybridized carbons (Fsp3) is 0.583. The molecule has 160 valence electrons. The van der Waals surface area contributed by atoms with Crippen LogP contribution in [0.5, 0.6) is 0 Å². The third kappa shape index (κ3) is 4.77. The van der Waals surface area contributed by atoms with Crippen LogP contribution in [0, 0.1) is 35.9 Å². The molecule has 30 heavy (non-hydrogen) atoms. The molecule has 0 spiro atoms. The molecule has 5 rings (SSSR count). The van der Waals surface area contributed by atoms with Gasteiger partial charge in [0.2, 0.25) is 5.91 Å². The predicted molar refractivity (Wildman–Crippen MR) is 113 cm³/mol. The van der Waals surface area contributed by atoms with Crippen LogP contribution >= 0.6 is 0 Å². The molecule has 5 nitrogen and oxygen atoms in total. The quantitative estimate of drug-likeness (QED) is 0.675. The van der Waals surface area contributed by atoms with Crippen LogP contribution in [-0.2, 0) is 11.3 Å². The van der Waals surface area contributed by atoms with E-state index < -0.39 is 0 Å². The van der Waals surface area contributed by atoms with E-state index in [2.05, 4.69) is 16.6 Å². The minimum atomic E-state index is -0.317. The molecule has 0 radical (unpaired) electrons. The van der Waals surface area contributed by atoms with Crippen molar-refractivity contribution in [3.05, 3.63) is 35.6 Å². The number of terminal acetylenes is 1. The maximum Gasteiger partial charge on any atom is 0.315 e. The van der Waals surface area contributed by atoms with Gasteiger partial charge in [0.05, 0.1) is 6.54 Å². The molecule has 4 saturated carbocycles. The summed E-state index contributed by atoms with van der Waals surface area (Å²) in [5.74, 6) is 4.34. The molecule has 0 saturated heterocycles. The lowest BCUT2D eigenvalue weighted by molar-refractivity contribution is -0.131. The lowest BCUT2D eigenvalue weighted by Gasteiger charge is -2.56. The fourth-order valence-electron chi connectivity index (χ4n) is 6.14. The van der Waals surface area contributed by atoms with Crippen LogP contribution in [-0.4, -0.2) is 35.5 Å². The summed E-state index contributed by atoms with van der Waals surface area (Å²) < 4.78 is 13.1. The van der Waals surface area contributed by atoms with Crippen LogP contribution in [0.15, 0.2) is 24.3 Å². The van der Waals surface area contributed by atoms with E-state index in [1.807, 2.05) is 0 Å². The molecule has 2 N–H and O–H groups in total. The van der Waals surface area contributed by atoms with E-state index in [1.165, 1.54) is 31.4 Å². The third-order valence-electron chi connectivity index (χ3n) is 6.96. The summed E-state index contributed by atoms with van der Waals surface area (Å²) in [5, 5.41) is 6.11. The van der Waals surface area contributed by atoms with Crippen molar-refractivity contribution in [3.63, 3.8) is 0 Å². The molecular weight excluding hydrogens is 381 g/mol. The van der Waals surface area contributed by atoms with Crippen LogP contribution in [0.4, 0.5) is 9.18 Å². The molecule has 3 amide bonds. The number of carbonyl (C=O) groups excluding carboxylic acids is 2. The Labute approximate surface area is 177 Å². The molecular formula is C24H30FN3O2. The van der Waals surface area contributed by atoms with Gasteiger partial charge < -0.3 is 15.5 Å². The van der Waals surface area contributed by atoms with Crippen molar-refractivity contribution in [2.45, 2.75) is 57.0 Å². The highest BCUT2D eigenvalue weighted by Gasteiger charge is 2.51. The summed E-state index contributed by atoms with van der Waals surface area (Å²) >= 11 is 0. The van der Waals surface area contributed by atoms with E-state index in [9.17, 15) is 14.0 Å². The van der Waals surface area contributed by atoms with Gasteiger partial charge in [0.15, 0.2) is 0 Å². The van der Waals surface area contributed by atoms with Gasteiger partial charge in [-0.15, -0.1) is 6.42 Å². The Bertz CT molecular complexity index is 795. The summed E-state index contributed by atoms with van der Waals surface area (Å²) in [7, 11) is 0. The Morgan fingerprint density at radius 2 is 1.70 bits per heavy atom. The van der Waals surface area contributed by atoms with Crippen LogP contribution in [0.1, 0.15) is 50.5 Å². The first kappa shape index (κ1) is 20.7. The SMILES string of the molecule is C#CCN(Cc1ccc(F)cc1)C(=O)CCNC(=O)NC12CC3CC(CC(C3)C1)C2. The highest BCUT2D eigenvalue weighted by Crippen LogP contribution is 2.55. The Hall–Kier alpha value is -2.55. The minimum absolute atomic E-state index is 0.0407. The van der Waals surface area contributed by atoms with Gasteiger partial charge >= 0.3 is 6.03 Å². The zero-order chi connectivity index (χ0) is 21.1. The van der Waals surface area contributed by atoms with Crippen molar-refractivity contribution in [2.75, 3.05) is 13.1 Å². The number of carbonyl (C=O) groups is 2. The molecule has 4 fully saturated rings. The number of urea groups is 1. The van der Waals surface area contributed by atoms with Gasteiger partial charge in [0.1, 0.15) is 5.82 Å². The molecule has 4 aliphatic rings. The van der Waals surface area contributed by atoms with Crippen molar-refractivity contribution in [1.82, 2.24) is 15.5 Å². The van der Waals surface area contributed by atoms with Gasteiger partial charge in [-0.3, -0.25) is 4.79 Å². The van der Waals surface area contributed by atoms with Gasteiger partial charge in [-0.2, -0.15) is 0 Å². The Morgan fingerprint density at radius 3 is 2.27 bits per heavy atom. The molecule has 0 heterocycles. The number of nitrogens with one attached hydrogen (secondary N) is 2. The Kier molecular flexibility index (Phi) is 5.99. The number of benzene rings is 1. The minimum Gasteiger partial charge on any atom is -0.338 e. The van der Waals surface area contributed by atoms with E-state index in [4.69, 9.17) is 6.42 Å². The lowest BCUT2D eigenvalue weighted by atomic mass is 9.53. The standard InChI is InChI=1S/C24H30FN3O2/c1-2-9-28(16-17-3-5-21(25)6-4-17)22(29)7-8-26-23(30)27-24-13-18-10-19(14-24)12-20(11-18)15-24/h1,3-6,18-20H,7-16H2,(H2,26,27,30). The molecule has 4 aliphatic carbocycles. The predicted octanol–water partition coefficient (Wildman–Crippen LogP) is 3.45. The molecule has 1 aromatic rings. The molecule has 6 heteroatoms. The van der Waals surface area contributed by atoms with Crippen LogP contribution < -0.4 is 10.6 Å². The van der Waals surface area contributed by atoms with E-state index in [0.717, 1.165) is 42.6 Å². The number of rotatable bonds is 7. The second-order valence-electron chi connectivity index (χ2n) is 9.41. The lowest BCUT2D eigenvalue weighted by Crippen LogP contribution is -2.61. The summed E-state index contributed by atoms with van der Waals surface area (Å²) in [5.41, 5.74) is 0.772. The molecule has 0 atom stereocenters.